The van der Waals surface area contributed by atoms with Gasteiger partial charge < -0.3 is 5.11 Å². The molecule has 3 nitrogen and oxygen atoms in total. The van der Waals surface area contributed by atoms with Crippen molar-refractivity contribution in [2.75, 3.05) is 19.7 Å². The number of hydrogen-bond acceptors (Lipinski definition) is 3. The molecule has 1 aromatic rings. The summed E-state index contributed by atoms with van der Waals surface area (Å²) in [5, 5.41) is 8.95. The average Bonchev–Trinajstić information content (AvgIpc) is 2.83. The Hall–Kier alpha value is -1.19. The molecule has 1 saturated heterocycles. The number of rotatable bonds is 6. The van der Waals surface area contributed by atoms with Crippen LogP contribution < -0.4 is 0 Å². The number of ketones is 1. The van der Waals surface area contributed by atoms with Crippen LogP contribution in [0.2, 0.25) is 0 Å². The van der Waals surface area contributed by atoms with Crippen LogP contribution in [-0.2, 0) is 0 Å². The maximum Gasteiger partial charge on any atom is 0.177 e. The molecule has 0 radical (unpaired) electrons. The lowest BCUT2D eigenvalue weighted by Gasteiger charge is -2.23. The predicted octanol–water partition coefficient (Wildman–Crippen LogP) is 2.72. The summed E-state index contributed by atoms with van der Waals surface area (Å²) in [6.45, 7) is 5.82. The quantitative estimate of drug-likeness (QED) is 0.812. The van der Waals surface area contributed by atoms with Gasteiger partial charge in [0.25, 0.3) is 0 Å². The van der Waals surface area contributed by atoms with Crippen LogP contribution >= 0.6 is 0 Å². The van der Waals surface area contributed by atoms with Crippen molar-refractivity contribution in [3.8, 4) is 0 Å². The fourth-order valence-corrected chi connectivity index (χ4v) is 3.15. The highest BCUT2D eigenvalue weighted by Crippen LogP contribution is 2.22. The second-order valence-electron chi connectivity index (χ2n) is 5.87. The molecule has 0 amide bonds. The molecule has 20 heavy (non-hydrogen) atoms. The predicted molar refractivity (Wildman–Crippen MR) is 81.2 cm³/mol. The first kappa shape index (κ1) is 15.2. The monoisotopic (exact) mass is 275 g/mol. The largest absolute Gasteiger partial charge is 0.396 e. The molecular weight excluding hydrogens is 250 g/mol. The summed E-state index contributed by atoms with van der Waals surface area (Å²) in [7, 11) is 0. The molecule has 1 atom stereocenters. The summed E-state index contributed by atoms with van der Waals surface area (Å²) in [4.78, 5) is 14.8. The molecule has 1 aromatic carbocycles. The van der Waals surface area contributed by atoms with E-state index in [9.17, 15) is 4.79 Å². The highest BCUT2D eigenvalue weighted by molar-refractivity contribution is 5.99. The smallest absolute Gasteiger partial charge is 0.177 e. The SMILES string of the molecule is Cc1ccc(C(=O)CN2CCCC2CCCO)c(C)c1. The Morgan fingerprint density at radius 1 is 1.40 bits per heavy atom. The molecule has 0 spiro atoms. The first-order valence-corrected chi connectivity index (χ1v) is 7.57. The van der Waals surface area contributed by atoms with Gasteiger partial charge in [-0.1, -0.05) is 23.8 Å². The Morgan fingerprint density at radius 2 is 2.20 bits per heavy atom. The minimum absolute atomic E-state index is 0.221. The highest BCUT2D eigenvalue weighted by atomic mass is 16.2. The van der Waals surface area contributed by atoms with Crippen molar-refractivity contribution < 1.29 is 9.90 Å². The molecule has 0 aromatic heterocycles. The fraction of sp³-hybridized carbons (Fsp3) is 0.588. The summed E-state index contributed by atoms with van der Waals surface area (Å²) in [5.74, 6) is 0.221. The van der Waals surface area contributed by atoms with E-state index in [2.05, 4.69) is 11.0 Å². The molecule has 0 saturated carbocycles. The van der Waals surface area contributed by atoms with Crippen molar-refractivity contribution in [3.05, 3.63) is 34.9 Å². The van der Waals surface area contributed by atoms with Gasteiger partial charge in [0.05, 0.1) is 6.54 Å². The number of benzene rings is 1. The van der Waals surface area contributed by atoms with Crippen molar-refractivity contribution in [1.29, 1.82) is 0 Å². The molecule has 3 heteroatoms. The number of carbonyl (C=O) groups excluding carboxylic acids is 1. The molecule has 2 rings (SSSR count). The summed E-state index contributed by atoms with van der Waals surface area (Å²) in [6, 6.07) is 6.50. The van der Waals surface area contributed by atoms with Gasteiger partial charge in [-0.2, -0.15) is 0 Å². The lowest BCUT2D eigenvalue weighted by Crippen LogP contribution is -2.34. The van der Waals surface area contributed by atoms with Gasteiger partial charge in [-0.3, -0.25) is 9.69 Å². The van der Waals surface area contributed by atoms with Gasteiger partial charge in [0.1, 0.15) is 0 Å². The van der Waals surface area contributed by atoms with E-state index in [1.807, 2.05) is 26.0 Å². The summed E-state index contributed by atoms with van der Waals surface area (Å²) < 4.78 is 0. The fourth-order valence-electron chi connectivity index (χ4n) is 3.15. The summed E-state index contributed by atoms with van der Waals surface area (Å²) in [5.41, 5.74) is 3.12. The van der Waals surface area contributed by atoms with E-state index in [0.717, 1.165) is 43.4 Å². The Bertz CT molecular complexity index is 470. The van der Waals surface area contributed by atoms with E-state index in [1.165, 1.54) is 5.56 Å². The van der Waals surface area contributed by atoms with Gasteiger partial charge in [-0.15, -0.1) is 0 Å². The number of aryl methyl sites for hydroxylation is 2. The van der Waals surface area contributed by atoms with E-state index in [1.54, 1.807) is 0 Å². The average molecular weight is 275 g/mol. The van der Waals surface area contributed by atoms with Gasteiger partial charge in [0.15, 0.2) is 5.78 Å². The number of carbonyl (C=O) groups is 1. The minimum atomic E-state index is 0.221. The number of Topliss-reactive ketones (excluding diaryl/α,β-unsaturated/α-hetero) is 1. The Morgan fingerprint density at radius 3 is 2.90 bits per heavy atom. The van der Waals surface area contributed by atoms with Crippen molar-refractivity contribution in [1.82, 2.24) is 4.90 Å². The molecule has 1 aliphatic rings. The van der Waals surface area contributed by atoms with Gasteiger partial charge >= 0.3 is 0 Å². The summed E-state index contributed by atoms with van der Waals surface area (Å²) >= 11 is 0. The lowest BCUT2D eigenvalue weighted by atomic mass is 10.0. The van der Waals surface area contributed by atoms with Crippen molar-refractivity contribution in [2.24, 2.45) is 0 Å². The van der Waals surface area contributed by atoms with Crippen LogP contribution in [0, 0.1) is 13.8 Å². The topological polar surface area (TPSA) is 40.5 Å². The Labute approximate surface area is 121 Å². The first-order valence-electron chi connectivity index (χ1n) is 7.57. The van der Waals surface area contributed by atoms with E-state index in [-0.39, 0.29) is 12.4 Å². The molecule has 0 bridgehead atoms. The number of nitrogens with zero attached hydrogens (tertiary/aromatic N) is 1. The molecule has 0 aliphatic carbocycles. The van der Waals surface area contributed by atoms with Gasteiger partial charge in [0, 0.05) is 18.2 Å². The zero-order chi connectivity index (χ0) is 14.5. The number of aliphatic hydroxyl groups excluding tert-OH is 1. The van der Waals surface area contributed by atoms with Gasteiger partial charge in [-0.25, -0.2) is 0 Å². The number of likely N-dealkylation sites (tertiary alicyclic amines) is 1. The van der Waals surface area contributed by atoms with Crippen LogP contribution in [0.3, 0.4) is 0 Å². The molecular formula is C17H25NO2. The van der Waals surface area contributed by atoms with E-state index in [4.69, 9.17) is 5.11 Å². The van der Waals surface area contributed by atoms with Gasteiger partial charge in [0.2, 0.25) is 0 Å². The van der Waals surface area contributed by atoms with Crippen LogP contribution in [-0.4, -0.2) is 41.5 Å². The third-order valence-electron chi connectivity index (χ3n) is 4.22. The normalized spacial score (nSPS) is 19.4. The second kappa shape index (κ2) is 7.00. The van der Waals surface area contributed by atoms with E-state index < -0.39 is 0 Å². The van der Waals surface area contributed by atoms with Crippen LogP contribution in [0.25, 0.3) is 0 Å². The van der Waals surface area contributed by atoms with Crippen LogP contribution in [0.4, 0.5) is 0 Å². The summed E-state index contributed by atoms with van der Waals surface area (Å²) in [6.07, 6.45) is 4.14. The van der Waals surface area contributed by atoms with Crippen LogP contribution in [0.1, 0.15) is 47.2 Å². The zero-order valence-corrected chi connectivity index (χ0v) is 12.6. The molecule has 110 valence electrons. The van der Waals surface area contributed by atoms with Crippen molar-refractivity contribution in [3.63, 3.8) is 0 Å². The van der Waals surface area contributed by atoms with Crippen LogP contribution in [0.5, 0.6) is 0 Å². The highest BCUT2D eigenvalue weighted by Gasteiger charge is 2.26. The third kappa shape index (κ3) is 3.68. The van der Waals surface area contributed by atoms with E-state index in [0.29, 0.717) is 12.6 Å². The molecule has 1 N–H and O–H groups in total. The zero-order valence-electron chi connectivity index (χ0n) is 12.6. The van der Waals surface area contributed by atoms with Crippen molar-refractivity contribution in [2.45, 2.75) is 45.6 Å². The second-order valence-corrected chi connectivity index (χ2v) is 5.87. The minimum Gasteiger partial charge on any atom is -0.396 e. The lowest BCUT2D eigenvalue weighted by molar-refractivity contribution is 0.0915. The molecule has 1 unspecified atom stereocenters. The maximum absolute atomic E-state index is 12.5. The molecule has 1 fully saturated rings. The third-order valence-corrected chi connectivity index (χ3v) is 4.22. The molecule has 1 aliphatic heterocycles. The number of aliphatic hydroxyl groups is 1. The molecule has 1 heterocycles. The van der Waals surface area contributed by atoms with Crippen molar-refractivity contribution >= 4 is 5.78 Å². The van der Waals surface area contributed by atoms with Gasteiger partial charge in [-0.05, 0) is 51.6 Å². The first-order chi connectivity index (χ1) is 9.61. The Balaban J connectivity index is 1.99. The van der Waals surface area contributed by atoms with Crippen LogP contribution in [0.15, 0.2) is 18.2 Å². The van der Waals surface area contributed by atoms with E-state index >= 15 is 0 Å². The standard InChI is InChI=1S/C17H25NO2/c1-13-7-8-16(14(2)11-13)17(20)12-18-9-3-5-15(18)6-4-10-19/h7-8,11,15,19H,3-6,9-10,12H2,1-2H3. The Kier molecular flexibility index (Phi) is 5.32. The number of hydrogen-bond donors (Lipinski definition) is 1. The maximum atomic E-state index is 12.5.